The van der Waals surface area contributed by atoms with E-state index in [0.717, 1.165) is 24.3 Å². The van der Waals surface area contributed by atoms with E-state index in [-0.39, 0.29) is 25.3 Å². The molecule has 0 saturated carbocycles. The molecule has 1 saturated heterocycles. The van der Waals surface area contributed by atoms with Crippen molar-refractivity contribution in [1.82, 2.24) is 4.90 Å². The number of hydrogen-bond acceptors (Lipinski definition) is 5. The first-order valence-corrected chi connectivity index (χ1v) is 11.5. The van der Waals surface area contributed by atoms with Crippen molar-refractivity contribution < 1.29 is 32.2 Å². The molecule has 36 heavy (non-hydrogen) atoms. The van der Waals surface area contributed by atoms with Crippen LogP contribution in [0.2, 0.25) is 0 Å². The lowest BCUT2D eigenvalue weighted by molar-refractivity contribution is -0.149. The maximum Gasteiger partial charge on any atom is 0.417 e. The number of benzene rings is 3. The molecule has 1 fully saturated rings. The van der Waals surface area contributed by atoms with Crippen molar-refractivity contribution in [3.8, 4) is 0 Å². The lowest BCUT2D eigenvalue weighted by atomic mass is 9.84. The van der Waals surface area contributed by atoms with E-state index in [0.29, 0.717) is 6.54 Å². The highest BCUT2D eigenvalue weighted by molar-refractivity contribution is 5.93. The van der Waals surface area contributed by atoms with Gasteiger partial charge in [-0.1, -0.05) is 72.8 Å². The molecule has 0 aromatic heterocycles. The number of ether oxygens (including phenoxy) is 2. The van der Waals surface area contributed by atoms with E-state index in [1.807, 2.05) is 65.6 Å². The first-order valence-electron chi connectivity index (χ1n) is 11.5. The van der Waals surface area contributed by atoms with Crippen molar-refractivity contribution in [2.75, 3.05) is 20.2 Å². The Hall–Kier alpha value is -3.65. The molecular formula is C28H26F3NO4. The van der Waals surface area contributed by atoms with Gasteiger partial charge < -0.3 is 9.47 Å². The molecule has 0 aliphatic carbocycles. The van der Waals surface area contributed by atoms with Crippen LogP contribution in [0.15, 0.2) is 78.9 Å². The van der Waals surface area contributed by atoms with E-state index < -0.39 is 41.1 Å². The van der Waals surface area contributed by atoms with Crippen LogP contribution in [0, 0.1) is 5.92 Å². The molecular weight excluding hydrogens is 471 g/mol. The summed E-state index contributed by atoms with van der Waals surface area (Å²) in [5, 5.41) is 0. The maximum atomic E-state index is 13.8. The van der Waals surface area contributed by atoms with E-state index in [2.05, 4.69) is 0 Å². The summed E-state index contributed by atoms with van der Waals surface area (Å²) in [5.74, 6) is -3.05. The number of nitrogens with zero attached hydrogens (tertiary/aromatic N) is 1. The number of methoxy groups -OCH3 is 1. The van der Waals surface area contributed by atoms with Crippen LogP contribution in [0.1, 0.15) is 38.5 Å². The monoisotopic (exact) mass is 497 g/mol. The van der Waals surface area contributed by atoms with Gasteiger partial charge in [-0.05, 0) is 22.8 Å². The number of rotatable bonds is 7. The highest BCUT2D eigenvalue weighted by atomic mass is 19.4. The minimum atomic E-state index is -4.76. The van der Waals surface area contributed by atoms with Gasteiger partial charge in [-0.25, -0.2) is 4.79 Å². The van der Waals surface area contributed by atoms with E-state index in [9.17, 15) is 22.8 Å². The van der Waals surface area contributed by atoms with Crippen molar-refractivity contribution in [3.05, 3.63) is 107 Å². The SMILES string of the molecule is COC(=O)c1c(C2CN(Cc3ccccc3)CC2C(=O)OCc2ccccc2)cccc1C(F)(F)F. The Morgan fingerprint density at radius 2 is 1.53 bits per heavy atom. The summed E-state index contributed by atoms with van der Waals surface area (Å²) < 4.78 is 51.8. The van der Waals surface area contributed by atoms with Crippen LogP contribution in [0.25, 0.3) is 0 Å². The predicted molar refractivity (Wildman–Crippen MR) is 127 cm³/mol. The van der Waals surface area contributed by atoms with Gasteiger partial charge >= 0.3 is 18.1 Å². The molecule has 0 radical (unpaired) electrons. The molecule has 2 unspecified atom stereocenters. The summed E-state index contributed by atoms with van der Waals surface area (Å²) in [6, 6.07) is 22.3. The molecule has 1 aliphatic rings. The molecule has 4 rings (SSSR count). The molecule has 188 valence electrons. The van der Waals surface area contributed by atoms with Crippen LogP contribution < -0.4 is 0 Å². The number of halogens is 3. The second kappa shape index (κ2) is 11.0. The van der Waals surface area contributed by atoms with Crippen LogP contribution >= 0.6 is 0 Å². The first kappa shape index (κ1) is 25.4. The van der Waals surface area contributed by atoms with Gasteiger partial charge in [0.05, 0.1) is 24.2 Å². The highest BCUT2D eigenvalue weighted by Gasteiger charge is 2.44. The van der Waals surface area contributed by atoms with Gasteiger partial charge in [0.25, 0.3) is 0 Å². The van der Waals surface area contributed by atoms with Crippen molar-refractivity contribution in [1.29, 1.82) is 0 Å². The average molecular weight is 498 g/mol. The molecule has 5 nitrogen and oxygen atoms in total. The Morgan fingerprint density at radius 3 is 2.14 bits per heavy atom. The minimum absolute atomic E-state index is 0.0496. The Kier molecular flexibility index (Phi) is 7.74. The molecule has 3 aromatic carbocycles. The van der Waals surface area contributed by atoms with Gasteiger partial charge in [0.1, 0.15) is 6.61 Å². The van der Waals surface area contributed by atoms with Crippen molar-refractivity contribution in [3.63, 3.8) is 0 Å². The molecule has 1 heterocycles. The summed E-state index contributed by atoms with van der Waals surface area (Å²) in [4.78, 5) is 27.8. The zero-order valence-corrected chi connectivity index (χ0v) is 19.7. The molecule has 0 spiro atoms. The minimum Gasteiger partial charge on any atom is -0.465 e. The Bertz CT molecular complexity index is 1200. The summed E-state index contributed by atoms with van der Waals surface area (Å²) in [5.41, 5.74) is 0.307. The van der Waals surface area contributed by atoms with Crippen molar-refractivity contribution >= 4 is 11.9 Å². The lowest BCUT2D eigenvalue weighted by Crippen LogP contribution is -2.26. The van der Waals surface area contributed by atoms with Gasteiger partial charge in [0, 0.05) is 25.6 Å². The third-order valence-electron chi connectivity index (χ3n) is 6.36. The van der Waals surface area contributed by atoms with Crippen LogP contribution in [0.4, 0.5) is 13.2 Å². The topological polar surface area (TPSA) is 55.8 Å². The van der Waals surface area contributed by atoms with Crippen molar-refractivity contribution in [2.45, 2.75) is 25.2 Å². The largest absolute Gasteiger partial charge is 0.465 e. The summed E-state index contributed by atoms with van der Waals surface area (Å²) in [6.45, 7) is 1.12. The lowest BCUT2D eigenvalue weighted by Gasteiger charge is -2.22. The standard InChI is InChI=1S/C28H26F3NO4/c1-35-27(34)25-21(13-8-14-24(25)28(29,30)31)22-16-32(15-19-9-4-2-5-10-19)17-23(22)26(33)36-18-20-11-6-3-7-12-20/h2-14,22-23H,15-18H2,1H3. The third-order valence-corrected chi connectivity index (χ3v) is 6.36. The summed E-state index contributed by atoms with van der Waals surface area (Å²) in [6.07, 6.45) is -4.76. The number of esters is 2. The number of likely N-dealkylation sites (tertiary alicyclic amines) is 1. The fraction of sp³-hybridized carbons (Fsp3) is 0.286. The first-order chi connectivity index (χ1) is 17.3. The second-order valence-corrected chi connectivity index (χ2v) is 8.75. The maximum absolute atomic E-state index is 13.8. The quantitative estimate of drug-likeness (QED) is 0.407. The van der Waals surface area contributed by atoms with Crippen LogP contribution in [-0.4, -0.2) is 37.0 Å². The van der Waals surface area contributed by atoms with Gasteiger partial charge in [-0.15, -0.1) is 0 Å². The van der Waals surface area contributed by atoms with E-state index >= 15 is 0 Å². The number of carbonyl (C=O) groups is 2. The second-order valence-electron chi connectivity index (χ2n) is 8.75. The Morgan fingerprint density at radius 1 is 0.889 bits per heavy atom. The number of alkyl halides is 3. The van der Waals surface area contributed by atoms with Gasteiger partial charge in [-0.3, -0.25) is 9.69 Å². The van der Waals surface area contributed by atoms with Crippen LogP contribution in [0.3, 0.4) is 0 Å². The third kappa shape index (κ3) is 5.76. The molecule has 0 amide bonds. The molecule has 8 heteroatoms. The Labute approximate surface area is 207 Å². The van der Waals surface area contributed by atoms with Gasteiger partial charge in [0.2, 0.25) is 0 Å². The molecule has 0 N–H and O–H groups in total. The van der Waals surface area contributed by atoms with Gasteiger partial charge in [-0.2, -0.15) is 13.2 Å². The fourth-order valence-corrected chi connectivity index (χ4v) is 4.69. The number of hydrogen-bond donors (Lipinski definition) is 0. The zero-order chi connectivity index (χ0) is 25.7. The van der Waals surface area contributed by atoms with E-state index in [1.54, 1.807) is 0 Å². The highest BCUT2D eigenvalue weighted by Crippen LogP contribution is 2.41. The van der Waals surface area contributed by atoms with E-state index in [1.165, 1.54) is 12.1 Å². The zero-order valence-electron chi connectivity index (χ0n) is 19.7. The van der Waals surface area contributed by atoms with Crippen LogP contribution in [0.5, 0.6) is 0 Å². The van der Waals surface area contributed by atoms with Crippen LogP contribution in [-0.2, 0) is 33.6 Å². The normalized spacial score (nSPS) is 18.1. The molecule has 1 aliphatic heterocycles. The summed E-state index contributed by atoms with van der Waals surface area (Å²) in [7, 11) is 1.04. The number of carbonyl (C=O) groups excluding carboxylic acids is 2. The van der Waals surface area contributed by atoms with E-state index in [4.69, 9.17) is 9.47 Å². The smallest absolute Gasteiger partial charge is 0.417 e. The van der Waals surface area contributed by atoms with Gasteiger partial charge in [0.15, 0.2) is 0 Å². The molecule has 2 atom stereocenters. The van der Waals surface area contributed by atoms with Crippen molar-refractivity contribution in [2.24, 2.45) is 5.92 Å². The molecule has 3 aromatic rings. The average Bonchev–Trinajstić information content (AvgIpc) is 3.30. The summed E-state index contributed by atoms with van der Waals surface area (Å²) >= 11 is 0. The fourth-order valence-electron chi connectivity index (χ4n) is 4.69. The molecule has 0 bridgehead atoms. The predicted octanol–water partition coefficient (Wildman–Crippen LogP) is 5.45. The Balaban J connectivity index is 1.68.